The SMILES string of the molecule is COc1cccc(OC)c1C(=O)NCCc1csc(-c2ccncc2)n1. The van der Waals surface area contributed by atoms with Gasteiger partial charge in [0.15, 0.2) is 0 Å². The highest BCUT2D eigenvalue weighted by Gasteiger charge is 2.17. The lowest BCUT2D eigenvalue weighted by Gasteiger charge is -2.12. The van der Waals surface area contributed by atoms with E-state index in [2.05, 4.69) is 15.3 Å². The minimum absolute atomic E-state index is 0.233. The molecule has 1 aromatic carbocycles. The summed E-state index contributed by atoms with van der Waals surface area (Å²) in [5.74, 6) is 0.731. The number of thiazole rings is 1. The molecule has 0 bridgehead atoms. The molecule has 0 saturated carbocycles. The summed E-state index contributed by atoms with van der Waals surface area (Å²) in [7, 11) is 3.06. The van der Waals surface area contributed by atoms with Gasteiger partial charge in [-0.2, -0.15) is 0 Å². The number of nitrogens with zero attached hydrogens (tertiary/aromatic N) is 2. The van der Waals surface area contributed by atoms with Crippen molar-refractivity contribution in [3.63, 3.8) is 0 Å². The number of rotatable bonds is 7. The van der Waals surface area contributed by atoms with Crippen LogP contribution in [0.3, 0.4) is 0 Å². The van der Waals surface area contributed by atoms with Gasteiger partial charge in [0.2, 0.25) is 0 Å². The number of methoxy groups -OCH3 is 2. The van der Waals surface area contributed by atoms with Gasteiger partial charge in [-0.1, -0.05) is 6.07 Å². The molecule has 134 valence electrons. The Labute approximate surface area is 155 Å². The Morgan fingerprint density at radius 1 is 1.12 bits per heavy atom. The maximum Gasteiger partial charge on any atom is 0.258 e. The van der Waals surface area contributed by atoms with E-state index in [1.54, 1.807) is 41.9 Å². The van der Waals surface area contributed by atoms with E-state index in [1.807, 2.05) is 17.5 Å². The lowest BCUT2D eigenvalue weighted by atomic mass is 10.1. The summed E-state index contributed by atoms with van der Waals surface area (Å²) in [6, 6.07) is 9.11. The van der Waals surface area contributed by atoms with Crippen molar-refractivity contribution in [2.75, 3.05) is 20.8 Å². The van der Waals surface area contributed by atoms with E-state index in [1.165, 1.54) is 14.2 Å². The normalized spacial score (nSPS) is 10.4. The fraction of sp³-hybridized carbons (Fsp3) is 0.211. The molecule has 2 aromatic heterocycles. The molecule has 0 radical (unpaired) electrons. The molecule has 6 nitrogen and oxygen atoms in total. The number of hydrogen-bond donors (Lipinski definition) is 1. The van der Waals surface area contributed by atoms with Gasteiger partial charge in [-0.25, -0.2) is 4.98 Å². The summed E-state index contributed by atoms with van der Waals surface area (Å²) >= 11 is 1.58. The quantitative estimate of drug-likeness (QED) is 0.692. The highest BCUT2D eigenvalue weighted by Crippen LogP contribution is 2.28. The number of hydrogen-bond acceptors (Lipinski definition) is 6. The molecule has 3 aromatic rings. The molecule has 7 heteroatoms. The number of carbonyl (C=O) groups excluding carboxylic acids is 1. The van der Waals surface area contributed by atoms with Crippen LogP contribution >= 0.6 is 11.3 Å². The van der Waals surface area contributed by atoms with E-state index in [0.29, 0.717) is 30.0 Å². The molecule has 0 saturated heterocycles. The highest BCUT2D eigenvalue weighted by molar-refractivity contribution is 7.13. The van der Waals surface area contributed by atoms with Gasteiger partial charge >= 0.3 is 0 Å². The third-order valence-corrected chi connectivity index (χ3v) is 4.74. The van der Waals surface area contributed by atoms with Crippen molar-refractivity contribution in [1.82, 2.24) is 15.3 Å². The summed E-state index contributed by atoms with van der Waals surface area (Å²) in [4.78, 5) is 21.1. The third-order valence-electron chi connectivity index (χ3n) is 3.80. The molecule has 2 heterocycles. The number of benzene rings is 1. The molecule has 1 N–H and O–H groups in total. The van der Waals surface area contributed by atoms with Crippen molar-refractivity contribution >= 4 is 17.2 Å². The van der Waals surface area contributed by atoms with Gasteiger partial charge in [0.1, 0.15) is 22.1 Å². The minimum atomic E-state index is -0.233. The Hall–Kier alpha value is -2.93. The van der Waals surface area contributed by atoms with Crippen LogP contribution in [0.15, 0.2) is 48.1 Å². The molecule has 0 aliphatic heterocycles. The maximum atomic E-state index is 12.5. The fourth-order valence-electron chi connectivity index (χ4n) is 2.52. The van der Waals surface area contributed by atoms with Gasteiger partial charge in [0, 0.05) is 36.3 Å². The predicted octanol–water partition coefficient (Wildman–Crippen LogP) is 3.19. The lowest BCUT2D eigenvalue weighted by molar-refractivity contribution is 0.0948. The van der Waals surface area contributed by atoms with Crippen LogP contribution in [-0.4, -0.2) is 36.6 Å². The zero-order valence-corrected chi connectivity index (χ0v) is 15.4. The van der Waals surface area contributed by atoms with Crippen LogP contribution in [0.4, 0.5) is 0 Å². The molecule has 0 atom stereocenters. The first-order valence-electron chi connectivity index (χ1n) is 8.07. The predicted molar refractivity (Wildman–Crippen MR) is 101 cm³/mol. The van der Waals surface area contributed by atoms with E-state index in [0.717, 1.165) is 16.3 Å². The molecule has 0 spiro atoms. The van der Waals surface area contributed by atoms with E-state index in [-0.39, 0.29) is 5.91 Å². The Morgan fingerprint density at radius 3 is 2.46 bits per heavy atom. The fourth-order valence-corrected chi connectivity index (χ4v) is 3.38. The first-order chi connectivity index (χ1) is 12.7. The van der Waals surface area contributed by atoms with Crippen molar-refractivity contribution in [3.05, 3.63) is 59.4 Å². The van der Waals surface area contributed by atoms with Crippen molar-refractivity contribution in [2.45, 2.75) is 6.42 Å². The van der Waals surface area contributed by atoms with E-state index >= 15 is 0 Å². The number of ether oxygens (including phenoxy) is 2. The van der Waals surface area contributed by atoms with Crippen molar-refractivity contribution < 1.29 is 14.3 Å². The molecular formula is C19H19N3O3S. The third kappa shape index (κ3) is 4.00. The highest BCUT2D eigenvalue weighted by atomic mass is 32.1. The molecule has 0 unspecified atom stereocenters. The lowest BCUT2D eigenvalue weighted by Crippen LogP contribution is -2.26. The van der Waals surface area contributed by atoms with Crippen LogP contribution in [-0.2, 0) is 6.42 Å². The number of pyridine rings is 1. The van der Waals surface area contributed by atoms with Gasteiger partial charge in [-0.3, -0.25) is 9.78 Å². The summed E-state index contributed by atoms with van der Waals surface area (Å²) in [5, 5.41) is 5.85. The average Bonchev–Trinajstić information content (AvgIpc) is 3.16. The van der Waals surface area contributed by atoms with Gasteiger partial charge in [-0.15, -0.1) is 11.3 Å². The molecule has 1 amide bonds. The molecule has 3 rings (SSSR count). The number of amides is 1. The Morgan fingerprint density at radius 2 is 1.81 bits per heavy atom. The summed E-state index contributed by atoms with van der Waals surface area (Å²) in [6.07, 6.45) is 4.14. The number of carbonyl (C=O) groups is 1. The van der Waals surface area contributed by atoms with E-state index < -0.39 is 0 Å². The molecule has 0 aliphatic carbocycles. The average molecular weight is 369 g/mol. The zero-order valence-electron chi connectivity index (χ0n) is 14.6. The Balaban J connectivity index is 1.62. The van der Waals surface area contributed by atoms with Gasteiger partial charge in [-0.05, 0) is 24.3 Å². The van der Waals surface area contributed by atoms with Gasteiger partial charge < -0.3 is 14.8 Å². The van der Waals surface area contributed by atoms with Gasteiger partial charge in [0.25, 0.3) is 5.91 Å². The zero-order chi connectivity index (χ0) is 18.4. The van der Waals surface area contributed by atoms with E-state index in [9.17, 15) is 4.79 Å². The van der Waals surface area contributed by atoms with Crippen LogP contribution in [0.25, 0.3) is 10.6 Å². The molecule has 26 heavy (non-hydrogen) atoms. The van der Waals surface area contributed by atoms with Crippen molar-refractivity contribution in [1.29, 1.82) is 0 Å². The number of aromatic nitrogens is 2. The Bertz CT molecular complexity index is 858. The minimum Gasteiger partial charge on any atom is -0.496 e. The second-order valence-electron chi connectivity index (χ2n) is 5.42. The smallest absolute Gasteiger partial charge is 0.258 e. The summed E-state index contributed by atoms with van der Waals surface area (Å²) < 4.78 is 10.5. The Kier molecular flexibility index (Phi) is 5.80. The first-order valence-corrected chi connectivity index (χ1v) is 8.95. The molecule has 0 aliphatic rings. The second-order valence-corrected chi connectivity index (χ2v) is 6.28. The topological polar surface area (TPSA) is 73.3 Å². The first kappa shape index (κ1) is 17.9. The molecular weight excluding hydrogens is 350 g/mol. The van der Waals surface area contributed by atoms with Crippen molar-refractivity contribution in [3.8, 4) is 22.1 Å². The van der Waals surface area contributed by atoms with Crippen LogP contribution in [0.2, 0.25) is 0 Å². The number of nitrogens with one attached hydrogen (secondary N) is 1. The van der Waals surface area contributed by atoms with Crippen LogP contribution in [0, 0.1) is 0 Å². The largest absolute Gasteiger partial charge is 0.496 e. The summed E-state index contributed by atoms with van der Waals surface area (Å²) in [5.41, 5.74) is 2.38. The van der Waals surface area contributed by atoms with Crippen LogP contribution in [0.5, 0.6) is 11.5 Å². The maximum absolute atomic E-state index is 12.5. The van der Waals surface area contributed by atoms with Crippen LogP contribution < -0.4 is 14.8 Å². The summed E-state index contributed by atoms with van der Waals surface area (Å²) in [6.45, 7) is 0.472. The monoisotopic (exact) mass is 369 g/mol. The van der Waals surface area contributed by atoms with E-state index in [4.69, 9.17) is 9.47 Å². The second kappa shape index (κ2) is 8.44. The standard InChI is InChI=1S/C19H19N3O3S/c1-24-15-4-3-5-16(25-2)17(15)18(23)21-11-8-14-12-26-19(22-14)13-6-9-20-10-7-13/h3-7,9-10,12H,8,11H2,1-2H3,(H,21,23). The van der Waals surface area contributed by atoms with Crippen molar-refractivity contribution in [2.24, 2.45) is 0 Å². The van der Waals surface area contributed by atoms with Gasteiger partial charge in [0.05, 0.1) is 19.9 Å². The van der Waals surface area contributed by atoms with Crippen LogP contribution in [0.1, 0.15) is 16.1 Å². The molecule has 0 fully saturated rings.